The predicted molar refractivity (Wildman–Crippen MR) is 108 cm³/mol. The largest absolute Gasteiger partial charge is 0.466 e. The second-order valence-electron chi connectivity index (χ2n) is 8.12. The minimum Gasteiger partial charge on any atom is -0.466 e. The molecule has 4 rings (SSSR count). The van der Waals surface area contributed by atoms with Crippen LogP contribution in [-0.2, 0) is 22.4 Å². The molecule has 1 aromatic heterocycles. The maximum Gasteiger partial charge on any atom is 0.310 e. The molecule has 1 aliphatic carbocycles. The minimum absolute atomic E-state index is 0.0398. The first kappa shape index (κ1) is 18.9. The van der Waals surface area contributed by atoms with Gasteiger partial charge in [0.25, 0.3) is 5.91 Å². The number of pyridine rings is 1. The van der Waals surface area contributed by atoms with Gasteiger partial charge in [0.2, 0.25) is 0 Å². The number of hydrogen-bond acceptors (Lipinski definition) is 4. The second-order valence-corrected chi connectivity index (χ2v) is 8.12. The Labute approximate surface area is 166 Å². The van der Waals surface area contributed by atoms with E-state index in [0.717, 1.165) is 59.8 Å². The quantitative estimate of drug-likeness (QED) is 0.761. The van der Waals surface area contributed by atoms with Gasteiger partial charge in [-0.2, -0.15) is 0 Å². The van der Waals surface area contributed by atoms with E-state index in [4.69, 9.17) is 9.72 Å². The van der Waals surface area contributed by atoms with E-state index in [1.807, 2.05) is 36.1 Å². The number of hydrogen-bond donors (Lipinski definition) is 0. The molecular formula is C23H28N2O3. The molecule has 2 aliphatic rings. The van der Waals surface area contributed by atoms with E-state index in [9.17, 15) is 9.59 Å². The number of aryl methyl sites for hydroxylation is 1. The number of amides is 1. The van der Waals surface area contributed by atoms with Crippen LogP contribution in [0.4, 0.5) is 0 Å². The van der Waals surface area contributed by atoms with Crippen molar-refractivity contribution in [2.45, 2.75) is 46.0 Å². The SMILES string of the molecule is CCOC(=O)[C@@H]1CCCN(C(=O)c2c3c(nc4ccccc24)CC[C@@H](C)C3)C1. The molecule has 0 N–H and O–H groups in total. The van der Waals surface area contributed by atoms with Crippen molar-refractivity contribution in [3.05, 3.63) is 41.1 Å². The first-order valence-electron chi connectivity index (χ1n) is 10.4. The zero-order chi connectivity index (χ0) is 19.7. The van der Waals surface area contributed by atoms with E-state index in [1.54, 1.807) is 0 Å². The molecule has 5 nitrogen and oxygen atoms in total. The molecule has 0 unspecified atom stereocenters. The average Bonchev–Trinajstić information content (AvgIpc) is 2.72. The summed E-state index contributed by atoms with van der Waals surface area (Å²) < 4.78 is 5.20. The summed E-state index contributed by atoms with van der Waals surface area (Å²) in [6.45, 7) is 5.57. The lowest BCUT2D eigenvalue weighted by atomic mass is 9.83. The molecule has 0 bridgehead atoms. The summed E-state index contributed by atoms with van der Waals surface area (Å²) in [5.41, 5.74) is 3.87. The Balaban J connectivity index is 1.72. The van der Waals surface area contributed by atoms with Crippen LogP contribution in [0.1, 0.15) is 54.7 Å². The second kappa shape index (κ2) is 7.90. The number of likely N-dealkylation sites (tertiary alicyclic amines) is 1. The van der Waals surface area contributed by atoms with Crippen molar-refractivity contribution in [2.75, 3.05) is 19.7 Å². The number of rotatable bonds is 3. The lowest BCUT2D eigenvalue weighted by molar-refractivity contribution is -0.149. The van der Waals surface area contributed by atoms with E-state index in [0.29, 0.717) is 25.6 Å². The highest BCUT2D eigenvalue weighted by Crippen LogP contribution is 2.33. The summed E-state index contributed by atoms with van der Waals surface area (Å²) in [6, 6.07) is 7.93. The van der Waals surface area contributed by atoms with Gasteiger partial charge in [-0.05, 0) is 56.6 Å². The highest BCUT2D eigenvalue weighted by atomic mass is 16.5. The van der Waals surface area contributed by atoms with Crippen molar-refractivity contribution in [1.82, 2.24) is 9.88 Å². The molecular weight excluding hydrogens is 352 g/mol. The first-order valence-corrected chi connectivity index (χ1v) is 10.4. The van der Waals surface area contributed by atoms with Gasteiger partial charge in [-0.1, -0.05) is 25.1 Å². The van der Waals surface area contributed by atoms with Gasteiger partial charge >= 0.3 is 5.97 Å². The van der Waals surface area contributed by atoms with E-state index in [2.05, 4.69) is 6.92 Å². The van der Waals surface area contributed by atoms with Crippen molar-refractivity contribution in [3.63, 3.8) is 0 Å². The van der Waals surface area contributed by atoms with Crippen molar-refractivity contribution < 1.29 is 14.3 Å². The molecule has 2 atom stereocenters. The molecule has 2 heterocycles. The summed E-state index contributed by atoms with van der Waals surface area (Å²) in [5, 5.41) is 0.929. The number of carbonyl (C=O) groups excluding carboxylic acids is 2. The van der Waals surface area contributed by atoms with E-state index in [-0.39, 0.29) is 17.8 Å². The maximum absolute atomic E-state index is 13.7. The van der Waals surface area contributed by atoms with E-state index in [1.165, 1.54) is 0 Å². The van der Waals surface area contributed by atoms with Gasteiger partial charge in [-0.25, -0.2) is 0 Å². The van der Waals surface area contributed by atoms with Crippen LogP contribution in [0.25, 0.3) is 10.9 Å². The van der Waals surface area contributed by atoms with Crippen LogP contribution in [0.5, 0.6) is 0 Å². The molecule has 148 valence electrons. The van der Waals surface area contributed by atoms with E-state index >= 15 is 0 Å². The summed E-state index contributed by atoms with van der Waals surface area (Å²) in [7, 11) is 0. The monoisotopic (exact) mass is 380 g/mol. The minimum atomic E-state index is -0.222. The average molecular weight is 380 g/mol. The molecule has 2 aromatic rings. The van der Waals surface area contributed by atoms with Crippen LogP contribution in [0.2, 0.25) is 0 Å². The number of nitrogens with zero attached hydrogens (tertiary/aromatic N) is 2. The normalized spacial score (nSPS) is 22.0. The van der Waals surface area contributed by atoms with Gasteiger partial charge in [0.1, 0.15) is 0 Å². The third-order valence-corrected chi connectivity index (χ3v) is 6.05. The molecule has 1 amide bonds. The fraction of sp³-hybridized carbons (Fsp3) is 0.522. The van der Waals surface area contributed by atoms with Crippen molar-refractivity contribution in [1.29, 1.82) is 0 Å². The molecule has 1 fully saturated rings. The summed E-state index contributed by atoms with van der Waals surface area (Å²) in [5.74, 6) is 0.185. The Morgan fingerprint density at radius 1 is 1.25 bits per heavy atom. The Hall–Kier alpha value is -2.43. The number of benzene rings is 1. The van der Waals surface area contributed by atoms with Gasteiger partial charge in [0.05, 0.1) is 23.6 Å². The van der Waals surface area contributed by atoms with Gasteiger partial charge in [0.15, 0.2) is 0 Å². The summed E-state index contributed by atoms with van der Waals surface area (Å²) in [4.78, 5) is 32.6. The Morgan fingerprint density at radius 3 is 2.89 bits per heavy atom. The molecule has 5 heteroatoms. The number of fused-ring (bicyclic) bond motifs is 2. The number of aromatic nitrogens is 1. The fourth-order valence-corrected chi connectivity index (χ4v) is 4.58. The zero-order valence-electron chi connectivity index (χ0n) is 16.7. The number of esters is 1. The van der Waals surface area contributed by atoms with Crippen LogP contribution in [0.3, 0.4) is 0 Å². The third kappa shape index (κ3) is 3.50. The van der Waals surface area contributed by atoms with Crippen molar-refractivity contribution >= 4 is 22.8 Å². The molecule has 0 radical (unpaired) electrons. The van der Waals surface area contributed by atoms with E-state index < -0.39 is 0 Å². The molecule has 1 saturated heterocycles. The summed E-state index contributed by atoms with van der Waals surface area (Å²) >= 11 is 0. The van der Waals surface area contributed by atoms with Crippen LogP contribution >= 0.6 is 0 Å². The number of carbonyl (C=O) groups is 2. The topological polar surface area (TPSA) is 59.5 Å². The number of piperidine rings is 1. The van der Waals surface area contributed by atoms with Crippen LogP contribution in [0, 0.1) is 11.8 Å². The fourth-order valence-electron chi connectivity index (χ4n) is 4.58. The van der Waals surface area contributed by atoms with Crippen LogP contribution < -0.4 is 0 Å². The van der Waals surface area contributed by atoms with Crippen LogP contribution in [0.15, 0.2) is 24.3 Å². The van der Waals surface area contributed by atoms with Gasteiger partial charge in [-0.3, -0.25) is 14.6 Å². The maximum atomic E-state index is 13.7. The Kier molecular flexibility index (Phi) is 5.33. The Bertz CT molecular complexity index is 908. The van der Waals surface area contributed by atoms with Crippen LogP contribution in [-0.4, -0.2) is 41.5 Å². The smallest absolute Gasteiger partial charge is 0.310 e. The molecule has 1 aliphatic heterocycles. The predicted octanol–water partition coefficient (Wildman–Crippen LogP) is 3.77. The Morgan fingerprint density at radius 2 is 2.07 bits per heavy atom. The lowest BCUT2D eigenvalue weighted by Crippen LogP contribution is -2.43. The van der Waals surface area contributed by atoms with Gasteiger partial charge < -0.3 is 9.64 Å². The summed E-state index contributed by atoms with van der Waals surface area (Å²) in [6.07, 6.45) is 4.54. The first-order chi connectivity index (χ1) is 13.6. The molecule has 0 saturated carbocycles. The van der Waals surface area contributed by atoms with Crippen molar-refractivity contribution in [3.8, 4) is 0 Å². The lowest BCUT2D eigenvalue weighted by Gasteiger charge is -2.33. The zero-order valence-corrected chi connectivity index (χ0v) is 16.7. The molecule has 1 aromatic carbocycles. The van der Waals surface area contributed by atoms with Crippen molar-refractivity contribution in [2.24, 2.45) is 11.8 Å². The third-order valence-electron chi connectivity index (χ3n) is 6.05. The highest BCUT2D eigenvalue weighted by Gasteiger charge is 2.33. The number of para-hydroxylation sites is 1. The highest BCUT2D eigenvalue weighted by molar-refractivity contribution is 6.08. The van der Waals surface area contributed by atoms with Gasteiger partial charge in [-0.15, -0.1) is 0 Å². The standard InChI is InChI=1S/C23H28N2O3/c1-3-28-23(27)16-7-6-12-25(14-16)22(26)21-17-8-4-5-9-19(17)24-20-11-10-15(2)13-18(20)21/h4-5,8-9,15-16H,3,6-7,10-14H2,1-2H3/t15-,16-/m1/s1. The molecule has 0 spiro atoms. The number of ether oxygens (including phenoxy) is 1. The van der Waals surface area contributed by atoms with Gasteiger partial charge in [0, 0.05) is 24.2 Å². The molecule has 28 heavy (non-hydrogen) atoms.